The smallest absolute Gasteiger partial charge is 0.337 e. The van der Waals surface area contributed by atoms with Gasteiger partial charge in [-0.3, -0.25) is 4.79 Å². The zero-order valence-electron chi connectivity index (χ0n) is 13.9. The van der Waals surface area contributed by atoms with E-state index in [-0.39, 0.29) is 10.9 Å². The first-order valence-electron chi connectivity index (χ1n) is 7.44. The Hall–Kier alpha value is -2.24. The van der Waals surface area contributed by atoms with E-state index in [1.165, 1.54) is 7.11 Å². The second kappa shape index (κ2) is 8.23. The Kier molecular flexibility index (Phi) is 6.28. The van der Waals surface area contributed by atoms with Gasteiger partial charge in [-0.15, -0.1) is 0 Å². The van der Waals surface area contributed by atoms with Crippen LogP contribution < -0.4 is 10.1 Å². The molecular weight excluding hydrogens is 365 g/mol. The third-order valence-corrected chi connectivity index (χ3v) is 4.30. The summed E-state index contributed by atoms with van der Waals surface area (Å²) >= 11 is 12.0. The van der Waals surface area contributed by atoms with Crippen molar-refractivity contribution >= 4 is 40.8 Å². The van der Waals surface area contributed by atoms with E-state index in [2.05, 4.69) is 10.1 Å². The van der Waals surface area contributed by atoms with Crippen LogP contribution in [0.4, 0.5) is 5.69 Å². The first-order valence-corrected chi connectivity index (χ1v) is 8.19. The van der Waals surface area contributed by atoms with E-state index in [9.17, 15) is 9.59 Å². The number of methoxy groups -OCH3 is 1. The molecule has 132 valence electrons. The Labute approximate surface area is 155 Å². The van der Waals surface area contributed by atoms with Gasteiger partial charge in [-0.25, -0.2) is 4.79 Å². The first kappa shape index (κ1) is 19.1. The lowest BCUT2D eigenvalue weighted by molar-refractivity contribution is -0.122. The van der Waals surface area contributed by atoms with Crippen molar-refractivity contribution in [3.05, 3.63) is 57.6 Å². The van der Waals surface area contributed by atoms with Crippen LogP contribution in [0.2, 0.25) is 10.0 Å². The number of carbonyl (C=O) groups excluding carboxylic acids is 2. The lowest BCUT2D eigenvalue weighted by atomic mass is 10.1. The summed E-state index contributed by atoms with van der Waals surface area (Å²) in [4.78, 5) is 23.9. The van der Waals surface area contributed by atoms with Crippen LogP contribution in [0.15, 0.2) is 36.4 Å². The lowest BCUT2D eigenvalue weighted by Crippen LogP contribution is -2.30. The van der Waals surface area contributed by atoms with Crippen molar-refractivity contribution in [2.45, 2.75) is 20.0 Å². The van der Waals surface area contributed by atoms with Gasteiger partial charge in [0.2, 0.25) is 0 Å². The van der Waals surface area contributed by atoms with Crippen LogP contribution in [0, 0.1) is 6.92 Å². The number of carbonyl (C=O) groups is 2. The average molecular weight is 382 g/mol. The largest absolute Gasteiger partial charge is 0.479 e. The lowest BCUT2D eigenvalue weighted by Gasteiger charge is -2.17. The fourth-order valence-corrected chi connectivity index (χ4v) is 2.44. The Balaban J connectivity index is 2.08. The number of esters is 1. The van der Waals surface area contributed by atoms with Crippen LogP contribution in [0.25, 0.3) is 0 Å². The molecule has 0 radical (unpaired) electrons. The molecule has 0 bridgehead atoms. The number of halogens is 2. The molecule has 2 aromatic carbocycles. The molecule has 0 spiro atoms. The number of ether oxygens (including phenoxy) is 2. The van der Waals surface area contributed by atoms with Crippen molar-refractivity contribution in [2.75, 3.05) is 12.4 Å². The maximum Gasteiger partial charge on any atom is 0.337 e. The molecule has 1 atom stereocenters. The van der Waals surface area contributed by atoms with Crippen molar-refractivity contribution in [3.63, 3.8) is 0 Å². The highest BCUT2D eigenvalue weighted by Crippen LogP contribution is 2.32. The summed E-state index contributed by atoms with van der Waals surface area (Å²) in [6.45, 7) is 3.38. The summed E-state index contributed by atoms with van der Waals surface area (Å²) in [5, 5.41) is 3.36. The van der Waals surface area contributed by atoms with Gasteiger partial charge in [0.15, 0.2) is 6.10 Å². The third kappa shape index (κ3) is 4.65. The molecular formula is C18H17Cl2NO4. The van der Waals surface area contributed by atoms with Crippen LogP contribution in [0.5, 0.6) is 5.75 Å². The number of aryl methyl sites for hydroxylation is 1. The van der Waals surface area contributed by atoms with E-state index in [4.69, 9.17) is 27.9 Å². The topological polar surface area (TPSA) is 64.6 Å². The van der Waals surface area contributed by atoms with Crippen molar-refractivity contribution in [3.8, 4) is 5.75 Å². The van der Waals surface area contributed by atoms with E-state index in [1.807, 2.05) is 0 Å². The Morgan fingerprint density at radius 1 is 1.16 bits per heavy atom. The highest BCUT2D eigenvalue weighted by atomic mass is 35.5. The minimum Gasteiger partial charge on any atom is -0.479 e. The van der Waals surface area contributed by atoms with E-state index < -0.39 is 12.1 Å². The molecule has 7 heteroatoms. The molecule has 2 aromatic rings. The second-order valence-electron chi connectivity index (χ2n) is 5.32. The van der Waals surface area contributed by atoms with Crippen LogP contribution in [-0.4, -0.2) is 25.1 Å². The van der Waals surface area contributed by atoms with E-state index in [0.717, 1.165) is 5.56 Å². The Morgan fingerprint density at radius 2 is 1.88 bits per heavy atom. The maximum atomic E-state index is 12.3. The molecule has 0 aliphatic heterocycles. The van der Waals surface area contributed by atoms with Crippen LogP contribution in [0.1, 0.15) is 22.8 Å². The number of anilines is 1. The molecule has 0 aliphatic rings. The van der Waals surface area contributed by atoms with Crippen LogP contribution in [0.3, 0.4) is 0 Å². The number of hydrogen-bond donors (Lipinski definition) is 1. The molecule has 2 rings (SSSR count). The molecule has 1 unspecified atom stereocenters. The molecule has 25 heavy (non-hydrogen) atoms. The average Bonchev–Trinajstić information content (AvgIpc) is 2.59. The van der Waals surface area contributed by atoms with Gasteiger partial charge in [0, 0.05) is 5.69 Å². The molecule has 0 saturated heterocycles. The van der Waals surface area contributed by atoms with Gasteiger partial charge in [0.25, 0.3) is 5.91 Å². The summed E-state index contributed by atoms with van der Waals surface area (Å²) in [5.41, 5.74) is 1.71. The molecule has 0 saturated carbocycles. The van der Waals surface area contributed by atoms with Gasteiger partial charge >= 0.3 is 5.97 Å². The molecule has 1 amide bonds. The molecule has 0 aliphatic carbocycles. The van der Waals surface area contributed by atoms with Crippen molar-refractivity contribution < 1.29 is 19.1 Å². The summed E-state index contributed by atoms with van der Waals surface area (Å²) < 4.78 is 10.2. The van der Waals surface area contributed by atoms with Crippen molar-refractivity contribution in [2.24, 2.45) is 0 Å². The zero-order chi connectivity index (χ0) is 18.6. The predicted molar refractivity (Wildman–Crippen MR) is 97.7 cm³/mol. The Bertz CT molecular complexity index is 808. The normalized spacial score (nSPS) is 11.6. The van der Waals surface area contributed by atoms with Gasteiger partial charge in [0.05, 0.1) is 17.7 Å². The summed E-state index contributed by atoms with van der Waals surface area (Å²) in [7, 11) is 1.31. The van der Waals surface area contributed by atoms with Crippen molar-refractivity contribution in [1.82, 2.24) is 0 Å². The summed E-state index contributed by atoms with van der Waals surface area (Å²) in [5.74, 6) is -0.465. The molecule has 0 aromatic heterocycles. The zero-order valence-corrected chi connectivity index (χ0v) is 15.4. The second-order valence-corrected chi connectivity index (χ2v) is 6.11. The summed E-state index contributed by atoms with van der Waals surface area (Å²) in [6, 6.07) is 9.80. The number of benzene rings is 2. The minimum atomic E-state index is -0.796. The SMILES string of the molecule is COC(=O)c1ccc(NC(=O)C(C)Oc2cccc(Cl)c2Cl)c(C)c1. The van der Waals surface area contributed by atoms with E-state index >= 15 is 0 Å². The molecule has 0 fully saturated rings. The van der Waals surface area contributed by atoms with Crippen LogP contribution in [-0.2, 0) is 9.53 Å². The molecule has 0 heterocycles. The number of hydrogen-bond acceptors (Lipinski definition) is 4. The monoisotopic (exact) mass is 381 g/mol. The predicted octanol–water partition coefficient (Wildman–Crippen LogP) is 4.49. The fourth-order valence-electron chi connectivity index (χ4n) is 2.10. The minimum absolute atomic E-state index is 0.252. The van der Waals surface area contributed by atoms with E-state index in [1.54, 1.807) is 50.2 Å². The fraction of sp³-hybridized carbons (Fsp3) is 0.222. The first-order chi connectivity index (χ1) is 11.8. The van der Waals surface area contributed by atoms with Gasteiger partial charge < -0.3 is 14.8 Å². The highest BCUT2D eigenvalue weighted by Gasteiger charge is 2.18. The standard InChI is InChI=1S/C18H17Cl2NO4/c1-10-9-12(18(23)24-3)7-8-14(10)21-17(22)11(2)25-15-6-4-5-13(19)16(15)20/h4-9,11H,1-3H3,(H,21,22). The van der Waals surface area contributed by atoms with Crippen molar-refractivity contribution in [1.29, 1.82) is 0 Å². The molecule has 5 nitrogen and oxygen atoms in total. The van der Waals surface area contributed by atoms with Crippen LogP contribution >= 0.6 is 23.2 Å². The van der Waals surface area contributed by atoms with E-state index in [0.29, 0.717) is 22.0 Å². The Morgan fingerprint density at radius 3 is 2.52 bits per heavy atom. The number of rotatable bonds is 5. The third-order valence-electron chi connectivity index (χ3n) is 3.49. The number of nitrogens with one attached hydrogen (secondary N) is 1. The van der Waals surface area contributed by atoms with Gasteiger partial charge in [-0.2, -0.15) is 0 Å². The van der Waals surface area contributed by atoms with Gasteiger partial charge in [0.1, 0.15) is 10.8 Å². The quantitative estimate of drug-likeness (QED) is 0.774. The summed E-state index contributed by atoms with van der Waals surface area (Å²) in [6.07, 6.45) is -0.796. The molecule has 1 N–H and O–H groups in total. The van der Waals surface area contributed by atoms with Gasteiger partial charge in [-0.05, 0) is 49.7 Å². The maximum absolute atomic E-state index is 12.3. The highest BCUT2D eigenvalue weighted by molar-refractivity contribution is 6.42. The number of amides is 1. The van der Waals surface area contributed by atoms with Gasteiger partial charge in [-0.1, -0.05) is 29.3 Å².